The molecule has 0 unspecified atom stereocenters. The molecule has 1 rings (SSSR count). The summed E-state index contributed by atoms with van der Waals surface area (Å²) in [7, 11) is 2.99. The minimum Gasteiger partial charge on any atom is -0.494 e. The third-order valence-corrected chi connectivity index (χ3v) is 4.19. The molecule has 0 spiro atoms. The Morgan fingerprint density at radius 1 is 1.17 bits per heavy atom. The molecule has 0 bridgehead atoms. The number of esters is 1. The van der Waals surface area contributed by atoms with Crippen LogP contribution in [0.15, 0.2) is 4.47 Å². The Bertz CT molecular complexity index is 472. The van der Waals surface area contributed by atoms with Crippen LogP contribution >= 0.6 is 15.9 Å². The first-order chi connectivity index (χ1) is 8.43. The number of anilines is 1. The molecule has 0 aliphatic heterocycles. The van der Waals surface area contributed by atoms with Gasteiger partial charge in [-0.1, -0.05) is 15.9 Å². The molecule has 100 valence electrons. The van der Waals surface area contributed by atoms with Crippen molar-refractivity contribution in [2.75, 3.05) is 26.1 Å². The summed E-state index contributed by atoms with van der Waals surface area (Å²) in [6.45, 7) is 6.10. The summed E-state index contributed by atoms with van der Waals surface area (Å²) in [5.74, 6) is 0.447. The Morgan fingerprint density at radius 3 is 2.28 bits per heavy atom. The Labute approximate surface area is 116 Å². The number of carbonyl (C=O) groups is 1. The fourth-order valence-corrected chi connectivity index (χ4v) is 2.28. The van der Waals surface area contributed by atoms with Crippen molar-refractivity contribution in [1.82, 2.24) is 0 Å². The standard InChI is InChI=1S/C13H18BrNO3/c1-7-8(2)13(18-5)12(9(3)11(7)14)15-6-10(16)17-4/h15H,6H2,1-5H3. The number of halogens is 1. The van der Waals surface area contributed by atoms with E-state index in [1.165, 1.54) is 7.11 Å². The number of benzene rings is 1. The predicted octanol–water partition coefficient (Wildman–Crippen LogP) is 2.97. The Morgan fingerprint density at radius 2 is 1.78 bits per heavy atom. The molecule has 0 aliphatic rings. The molecule has 0 aliphatic carbocycles. The van der Waals surface area contributed by atoms with Gasteiger partial charge >= 0.3 is 5.97 Å². The molecule has 1 aromatic carbocycles. The number of hydrogen-bond donors (Lipinski definition) is 1. The van der Waals surface area contributed by atoms with Gasteiger partial charge in [0.25, 0.3) is 0 Å². The lowest BCUT2D eigenvalue weighted by Gasteiger charge is -2.19. The van der Waals surface area contributed by atoms with Gasteiger partial charge in [-0.25, -0.2) is 0 Å². The Hall–Kier alpha value is -1.23. The molecule has 18 heavy (non-hydrogen) atoms. The van der Waals surface area contributed by atoms with E-state index in [4.69, 9.17) is 4.74 Å². The molecule has 4 nitrogen and oxygen atoms in total. The van der Waals surface area contributed by atoms with Crippen LogP contribution in [0, 0.1) is 20.8 Å². The lowest BCUT2D eigenvalue weighted by Crippen LogP contribution is -2.16. The van der Waals surface area contributed by atoms with Crippen LogP contribution in [0.3, 0.4) is 0 Å². The van der Waals surface area contributed by atoms with Crippen LogP contribution in [0.25, 0.3) is 0 Å². The molecular weight excluding hydrogens is 298 g/mol. The number of ether oxygens (including phenoxy) is 2. The maximum atomic E-state index is 11.2. The number of methoxy groups -OCH3 is 2. The zero-order chi connectivity index (χ0) is 13.9. The zero-order valence-electron chi connectivity index (χ0n) is 11.3. The number of rotatable bonds is 4. The lowest BCUT2D eigenvalue weighted by molar-refractivity contribution is -0.138. The second kappa shape index (κ2) is 6.09. The van der Waals surface area contributed by atoms with Gasteiger partial charge in [0.2, 0.25) is 0 Å². The van der Waals surface area contributed by atoms with E-state index in [1.54, 1.807) is 7.11 Å². The smallest absolute Gasteiger partial charge is 0.325 e. The fraction of sp³-hybridized carbons (Fsp3) is 0.462. The summed E-state index contributed by atoms with van der Waals surface area (Å²) in [4.78, 5) is 11.2. The monoisotopic (exact) mass is 315 g/mol. The normalized spacial score (nSPS) is 10.1. The van der Waals surface area contributed by atoms with Gasteiger partial charge in [-0.3, -0.25) is 4.79 Å². The third-order valence-electron chi connectivity index (χ3n) is 3.00. The van der Waals surface area contributed by atoms with Crippen molar-refractivity contribution in [3.63, 3.8) is 0 Å². The first-order valence-corrected chi connectivity index (χ1v) is 6.37. The van der Waals surface area contributed by atoms with Crippen LogP contribution in [0.5, 0.6) is 5.75 Å². The topological polar surface area (TPSA) is 47.6 Å². The van der Waals surface area contributed by atoms with E-state index < -0.39 is 0 Å². The van der Waals surface area contributed by atoms with Gasteiger partial charge in [-0.2, -0.15) is 0 Å². The summed E-state index contributed by atoms with van der Waals surface area (Å²) in [6.07, 6.45) is 0. The highest BCUT2D eigenvalue weighted by Crippen LogP contribution is 2.39. The second-order valence-electron chi connectivity index (χ2n) is 4.03. The highest BCUT2D eigenvalue weighted by Gasteiger charge is 2.17. The molecule has 0 aromatic heterocycles. The summed E-state index contributed by atoms with van der Waals surface area (Å²) < 4.78 is 11.1. The molecule has 0 fully saturated rings. The minimum absolute atomic E-state index is 0.114. The van der Waals surface area contributed by atoms with Gasteiger partial charge in [-0.05, 0) is 37.5 Å². The van der Waals surface area contributed by atoms with Gasteiger partial charge in [0.05, 0.1) is 19.9 Å². The van der Waals surface area contributed by atoms with Gasteiger partial charge < -0.3 is 14.8 Å². The number of carbonyl (C=O) groups excluding carboxylic acids is 1. The maximum absolute atomic E-state index is 11.2. The Kier molecular flexibility index (Phi) is 5.02. The van der Waals surface area contributed by atoms with Crippen molar-refractivity contribution in [2.45, 2.75) is 20.8 Å². The second-order valence-corrected chi connectivity index (χ2v) is 4.82. The summed E-state index contributed by atoms with van der Waals surface area (Å²) in [5.41, 5.74) is 4.01. The molecule has 0 saturated carbocycles. The largest absolute Gasteiger partial charge is 0.494 e. The number of nitrogens with one attached hydrogen (secondary N) is 1. The van der Waals surface area contributed by atoms with E-state index in [2.05, 4.69) is 26.0 Å². The van der Waals surface area contributed by atoms with Crippen LogP contribution in [0.1, 0.15) is 16.7 Å². The van der Waals surface area contributed by atoms with E-state index in [0.717, 1.165) is 32.6 Å². The minimum atomic E-state index is -0.314. The highest BCUT2D eigenvalue weighted by molar-refractivity contribution is 9.10. The molecule has 0 atom stereocenters. The van der Waals surface area contributed by atoms with E-state index in [-0.39, 0.29) is 12.5 Å². The van der Waals surface area contributed by atoms with Gasteiger partial charge in [0, 0.05) is 4.47 Å². The van der Waals surface area contributed by atoms with E-state index in [1.807, 2.05) is 20.8 Å². The van der Waals surface area contributed by atoms with Crippen molar-refractivity contribution < 1.29 is 14.3 Å². The van der Waals surface area contributed by atoms with Gasteiger partial charge in [0.1, 0.15) is 12.3 Å². The predicted molar refractivity (Wildman–Crippen MR) is 75.4 cm³/mol. The molecule has 1 aromatic rings. The Balaban J connectivity index is 3.20. The van der Waals surface area contributed by atoms with E-state index in [9.17, 15) is 4.79 Å². The van der Waals surface area contributed by atoms with Crippen LogP contribution in [-0.4, -0.2) is 26.7 Å². The molecule has 0 amide bonds. The van der Waals surface area contributed by atoms with Crippen LogP contribution in [-0.2, 0) is 9.53 Å². The average Bonchev–Trinajstić information content (AvgIpc) is 2.38. The summed E-state index contributed by atoms with van der Waals surface area (Å²) in [6, 6.07) is 0. The van der Waals surface area contributed by atoms with Crippen LogP contribution < -0.4 is 10.1 Å². The van der Waals surface area contributed by atoms with Gasteiger partial charge in [-0.15, -0.1) is 0 Å². The van der Waals surface area contributed by atoms with Gasteiger partial charge in [0.15, 0.2) is 0 Å². The summed E-state index contributed by atoms with van der Waals surface area (Å²) >= 11 is 3.56. The number of hydrogen-bond acceptors (Lipinski definition) is 4. The van der Waals surface area contributed by atoms with Crippen molar-refractivity contribution in [2.24, 2.45) is 0 Å². The molecule has 0 heterocycles. The quantitative estimate of drug-likeness (QED) is 0.868. The summed E-state index contributed by atoms with van der Waals surface area (Å²) in [5, 5.41) is 3.06. The maximum Gasteiger partial charge on any atom is 0.325 e. The SMILES string of the molecule is COC(=O)CNc1c(C)c(Br)c(C)c(C)c1OC. The van der Waals surface area contributed by atoms with Crippen LogP contribution in [0.2, 0.25) is 0 Å². The third kappa shape index (κ3) is 2.77. The fourth-order valence-electron chi connectivity index (χ4n) is 1.78. The molecule has 5 heteroatoms. The van der Waals surface area contributed by atoms with Crippen molar-refractivity contribution >= 4 is 27.6 Å². The van der Waals surface area contributed by atoms with E-state index in [0.29, 0.717) is 0 Å². The highest BCUT2D eigenvalue weighted by atomic mass is 79.9. The van der Waals surface area contributed by atoms with Crippen molar-refractivity contribution in [3.8, 4) is 5.75 Å². The van der Waals surface area contributed by atoms with Crippen molar-refractivity contribution in [1.29, 1.82) is 0 Å². The average molecular weight is 316 g/mol. The van der Waals surface area contributed by atoms with Crippen LogP contribution in [0.4, 0.5) is 5.69 Å². The molecule has 0 radical (unpaired) electrons. The molecule has 0 saturated heterocycles. The first-order valence-electron chi connectivity index (χ1n) is 5.57. The first kappa shape index (κ1) is 14.8. The molecule has 1 N–H and O–H groups in total. The molecular formula is C13H18BrNO3. The zero-order valence-corrected chi connectivity index (χ0v) is 12.9. The lowest BCUT2D eigenvalue weighted by atomic mass is 10.0. The van der Waals surface area contributed by atoms with E-state index >= 15 is 0 Å². The van der Waals surface area contributed by atoms with Crippen molar-refractivity contribution in [3.05, 3.63) is 21.2 Å².